The number of benzene rings is 5. The van der Waals surface area contributed by atoms with Crippen LogP contribution < -0.4 is 14.2 Å². The van der Waals surface area contributed by atoms with Crippen LogP contribution in [-0.4, -0.2) is 109 Å². The summed E-state index contributed by atoms with van der Waals surface area (Å²) in [7, 11) is -0.255. The zero-order chi connectivity index (χ0) is 73.8. The van der Waals surface area contributed by atoms with E-state index in [0.717, 1.165) is 72.8 Å². The highest BCUT2D eigenvalue weighted by atomic mass is 31.2. The van der Waals surface area contributed by atoms with Crippen molar-refractivity contribution in [1.82, 2.24) is 0 Å². The Kier molecular flexibility index (Phi) is 45.3. The maximum Gasteiger partial charge on any atom is 0.475 e. The molecule has 5 aromatic carbocycles. The third-order valence-electron chi connectivity index (χ3n) is 18.5. The lowest BCUT2D eigenvalue weighted by Crippen LogP contribution is -2.67. The van der Waals surface area contributed by atoms with Gasteiger partial charge in [-0.2, -0.15) is 5.26 Å². The quantitative estimate of drug-likeness (QED) is 0.0153. The van der Waals surface area contributed by atoms with Crippen molar-refractivity contribution in [3.05, 3.63) is 161 Å². The SMILES string of the molecule is CCCCCCCCCCCCCCCC(=O)OC[C@H](COP(=O)(OCCC#N)OC1[C@H](OCOCc2ccccc2)[C@H](OCc2ccc(OC)cc2)C(OCc2ccc(OC)cc2)[C@H](OCc2ccc(OC)cc2)[C@H]1OCOCc1ccccc1)OC(=O)CCCCCCCCCCCCCCC. The van der Waals surface area contributed by atoms with Crippen LogP contribution in [0, 0.1) is 11.3 Å². The third kappa shape index (κ3) is 35.9. The van der Waals surface area contributed by atoms with Gasteiger partial charge >= 0.3 is 19.8 Å². The van der Waals surface area contributed by atoms with Crippen LogP contribution in [0.2, 0.25) is 0 Å². The molecular formula is C84H122NO18P. The van der Waals surface area contributed by atoms with Crippen LogP contribution in [0.5, 0.6) is 17.2 Å². The van der Waals surface area contributed by atoms with Crippen LogP contribution in [0.4, 0.5) is 0 Å². The van der Waals surface area contributed by atoms with Crippen molar-refractivity contribution in [2.75, 3.05) is 54.7 Å². The van der Waals surface area contributed by atoms with Gasteiger partial charge in [-0.3, -0.25) is 23.2 Å². The highest BCUT2D eigenvalue weighted by Gasteiger charge is 2.57. The number of esters is 2. The molecule has 8 atom stereocenters. The van der Waals surface area contributed by atoms with Crippen LogP contribution in [0.15, 0.2) is 133 Å². The second kappa shape index (κ2) is 54.4. The summed E-state index contributed by atoms with van der Waals surface area (Å²) >= 11 is 0. The van der Waals surface area contributed by atoms with E-state index in [1.165, 1.54) is 109 Å². The van der Waals surface area contributed by atoms with Crippen LogP contribution >= 0.6 is 7.82 Å². The topological polar surface area (TPSA) is 213 Å². The molecule has 0 bridgehead atoms. The maximum atomic E-state index is 16.2. The van der Waals surface area contributed by atoms with Gasteiger partial charge in [0.2, 0.25) is 0 Å². The van der Waals surface area contributed by atoms with Crippen LogP contribution in [0.1, 0.15) is 228 Å². The summed E-state index contributed by atoms with van der Waals surface area (Å²) in [6, 6.07) is 43.5. The average Bonchev–Trinajstić information content (AvgIpc) is 0.758. The summed E-state index contributed by atoms with van der Waals surface area (Å²) in [5.41, 5.74) is 4.05. The second-order valence-electron chi connectivity index (χ2n) is 26.9. The number of phosphoric acid groups is 1. The largest absolute Gasteiger partial charge is 0.497 e. The Morgan fingerprint density at radius 2 is 0.731 bits per heavy atom. The van der Waals surface area contributed by atoms with Gasteiger partial charge in [0.05, 0.1) is 80.1 Å². The molecule has 576 valence electrons. The minimum atomic E-state index is -5.04. The fourth-order valence-electron chi connectivity index (χ4n) is 12.5. The Hall–Kier alpha value is -6.24. The fourth-order valence-corrected chi connectivity index (χ4v) is 13.9. The zero-order valence-corrected chi connectivity index (χ0v) is 64.0. The predicted octanol–water partition coefficient (Wildman–Crippen LogP) is 19.8. The fraction of sp³-hybridized carbons (Fsp3) is 0.607. The molecule has 3 unspecified atom stereocenters. The number of unbranched alkanes of at least 4 members (excludes halogenated alkanes) is 24. The van der Waals surface area contributed by atoms with E-state index in [1.54, 1.807) is 21.3 Å². The van der Waals surface area contributed by atoms with Crippen molar-refractivity contribution in [2.24, 2.45) is 0 Å². The molecule has 0 spiro atoms. The molecule has 0 aromatic heterocycles. The third-order valence-corrected chi connectivity index (χ3v) is 20.0. The van der Waals surface area contributed by atoms with Crippen molar-refractivity contribution >= 4 is 19.8 Å². The highest BCUT2D eigenvalue weighted by Crippen LogP contribution is 2.54. The predicted molar refractivity (Wildman–Crippen MR) is 403 cm³/mol. The van der Waals surface area contributed by atoms with E-state index in [-0.39, 0.29) is 65.9 Å². The van der Waals surface area contributed by atoms with Gasteiger partial charge in [-0.25, -0.2) is 4.57 Å². The first kappa shape index (κ1) is 86.7. The lowest BCUT2D eigenvalue weighted by atomic mass is 9.83. The van der Waals surface area contributed by atoms with Crippen molar-refractivity contribution < 1.29 is 84.6 Å². The molecule has 0 amide bonds. The number of carbonyl (C=O) groups excluding carboxylic acids is 2. The Bertz CT molecular complexity index is 2960. The van der Waals surface area contributed by atoms with Crippen molar-refractivity contribution in [1.29, 1.82) is 5.26 Å². The van der Waals surface area contributed by atoms with Gasteiger partial charge in [0.25, 0.3) is 0 Å². The van der Waals surface area contributed by atoms with Crippen molar-refractivity contribution in [2.45, 2.75) is 276 Å². The van der Waals surface area contributed by atoms with Crippen molar-refractivity contribution in [3.63, 3.8) is 0 Å². The number of nitriles is 1. The van der Waals surface area contributed by atoms with E-state index in [9.17, 15) is 14.9 Å². The van der Waals surface area contributed by atoms with Gasteiger partial charge in [0.15, 0.2) is 6.10 Å². The van der Waals surface area contributed by atoms with E-state index in [2.05, 4.69) is 19.9 Å². The molecule has 1 aliphatic carbocycles. The van der Waals surface area contributed by atoms with E-state index >= 15 is 4.57 Å². The van der Waals surface area contributed by atoms with E-state index in [1.807, 2.05) is 133 Å². The number of carbonyl (C=O) groups is 2. The molecule has 1 aliphatic rings. The van der Waals surface area contributed by atoms with E-state index in [0.29, 0.717) is 30.1 Å². The summed E-state index contributed by atoms with van der Waals surface area (Å²) in [4.78, 5) is 27.5. The zero-order valence-electron chi connectivity index (χ0n) is 63.1. The Morgan fingerprint density at radius 1 is 0.394 bits per heavy atom. The summed E-state index contributed by atoms with van der Waals surface area (Å²) in [5, 5.41) is 9.96. The summed E-state index contributed by atoms with van der Waals surface area (Å²) in [6.45, 7) is 2.63. The Labute approximate surface area is 621 Å². The number of nitrogens with zero attached hydrogens (tertiary/aromatic N) is 1. The Morgan fingerprint density at radius 3 is 1.09 bits per heavy atom. The van der Waals surface area contributed by atoms with Gasteiger partial charge in [-0.1, -0.05) is 265 Å². The smallest absolute Gasteiger partial charge is 0.475 e. The number of hydrogen-bond donors (Lipinski definition) is 0. The van der Waals surface area contributed by atoms with Crippen LogP contribution in [-0.2, 0) is 103 Å². The van der Waals surface area contributed by atoms with Gasteiger partial charge in [0.1, 0.15) is 74.1 Å². The molecule has 0 radical (unpaired) electrons. The number of rotatable bonds is 61. The second-order valence-corrected chi connectivity index (χ2v) is 28.5. The molecule has 5 aromatic rings. The summed E-state index contributed by atoms with van der Waals surface area (Å²) in [5.74, 6) is 0.929. The minimum Gasteiger partial charge on any atom is -0.497 e. The number of methoxy groups -OCH3 is 3. The van der Waals surface area contributed by atoms with Crippen LogP contribution in [0.25, 0.3) is 0 Å². The first-order valence-corrected chi connectivity index (χ1v) is 40.0. The minimum absolute atomic E-state index is 0.0112. The standard InChI is InChI=1S/C84H122NO18P/c1-6-8-10-12-14-16-18-20-22-24-26-28-36-43-77(86)94-64-76(102-78(87)44-37-29-27-25-23-21-19-17-15-13-11-9-7-2)65-101-104(88,100-58-38-57-85)103-84-82(98-66-92-59-68-39-32-30-33-40-68)80(96-62-71-47-53-74(90-4)54-48-71)79(95-61-70-45-51-73(89-3)52-46-70)81(97-63-72-49-55-75(91-5)56-50-72)83(84)99-67-93-60-69-41-34-31-35-42-69/h30-35,39-42,45-56,76,79-84H,6-29,36-38,43-44,58-67H2,1-5H3/t76-,79?,80-,81+,82-,83-,84?,104?/m1/s1. The molecule has 0 N–H and O–H groups in total. The van der Waals surface area contributed by atoms with Crippen molar-refractivity contribution in [3.8, 4) is 23.3 Å². The summed E-state index contributed by atoms with van der Waals surface area (Å²) in [6.07, 6.45) is 21.1. The average molecular weight is 1460 g/mol. The highest BCUT2D eigenvalue weighted by molar-refractivity contribution is 7.48. The monoisotopic (exact) mass is 1460 g/mol. The first-order chi connectivity index (χ1) is 51.1. The van der Waals surface area contributed by atoms with E-state index < -0.39 is 82.3 Å². The lowest BCUT2D eigenvalue weighted by Gasteiger charge is -2.49. The normalized spacial score (nSPS) is 17.4. The number of hydrogen-bond acceptors (Lipinski definition) is 19. The van der Waals surface area contributed by atoms with Gasteiger partial charge in [-0.05, 0) is 77.1 Å². The molecule has 104 heavy (non-hydrogen) atoms. The number of ether oxygens (including phenoxy) is 12. The van der Waals surface area contributed by atoms with E-state index in [4.69, 9.17) is 70.4 Å². The van der Waals surface area contributed by atoms with Gasteiger partial charge in [0, 0.05) is 12.8 Å². The van der Waals surface area contributed by atoms with Gasteiger partial charge in [-0.15, -0.1) is 0 Å². The molecule has 0 saturated heterocycles. The van der Waals surface area contributed by atoms with Gasteiger partial charge < -0.3 is 56.8 Å². The molecule has 19 nitrogen and oxygen atoms in total. The molecule has 20 heteroatoms. The molecule has 0 aliphatic heterocycles. The number of phosphoric ester groups is 1. The molecule has 6 rings (SSSR count). The molecule has 1 fully saturated rings. The molecule has 0 heterocycles. The summed E-state index contributed by atoms with van der Waals surface area (Å²) < 4.78 is 112. The maximum absolute atomic E-state index is 16.2. The lowest BCUT2D eigenvalue weighted by molar-refractivity contribution is -0.296. The first-order valence-electron chi connectivity index (χ1n) is 38.6. The Balaban J connectivity index is 1.33. The van der Waals surface area contributed by atoms with Crippen LogP contribution in [0.3, 0.4) is 0 Å². The molecular weight excluding hydrogens is 1340 g/mol. The molecule has 1 saturated carbocycles.